The van der Waals surface area contributed by atoms with Gasteiger partial charge in [-0.25, -0.2) is 24.2 Å². The monoisotopic (exact) mass is 759 g/mol. The lowest BCUT2D eigenvalue weighted by Crippen LogP contribution is -2.47. The molecule has 0 fully saturated rings. The van der Waals surface area contributed by atoms with Gasteiger partial charge in [0.05, 0.1) is 18.3 Å². The Bertz CT molecular complexity index is 1780. The molecule has 1 atom stereocenters. The number of ether oxygens (including phenoxy) is 4. The zero-order valence-electron chi connectivity index (χ0n) is 32.2. The molecule has 3 N–H and O–H groups in total. The summed E-state index contributed by atoms with van der Waals surface area (Å²) in [6.07, 6.45) is 3.45. The average molecular weight is 760 g/mol. The van der Waals surface area contributed by atoms with E-state index < -0.39 is 52.2 Å². The Hall–Kier alpha value is -5.19. The summed E-state index contributed by atoms with van der Waals surface area (Å²) >= 11 is 0.953. The smallest absolute Gasteiger partial charge is 0.413 e. The minimum Gasteiger partial charge on any atom is -0.489 e. The van der Waals surface area contributed by atoms with Crippen molar-refractivity contribution >= 4 is 46.3 Å². The van der Waals surface area contributed by atoms with Crippen LogP contribution >= 0.6 is 11.3 Å². The second-order valence-electron chi connectivity index (χ2n) is 15.3. The van der Waals surface area contributed by atoms with Crippen molar-refractivity contribution in [2.24, 2.45) is 12.2 Å². The van der Waals surface area contributed by atoms with Gasteiger partial charge in [0.2, 0.25) is 11.9 Å². The van der Waals surface area contributed by atoms with Crippen molar-refractivity contribution in [2.45, 2.75) is 105 Å². The van der Waals surface area contributed by atoms with E-state index in [-0.39, 0.29) is 17.4 Å². The Morgan fingerprint density at radius 1 is 0.887 bits per heavy atom. The first-order valence-electron chi connectivity index (χ1n) is 16.9. The number of carboxylic acid groups (broad SMARTS) is 1. The SMILES string of the molecule is C[n+]1cc(-c2ccc(OCC(C)(O/N=C(\C(=O)O)c3csc(NC(=O)OC(C)(C)C)n3)C(=O)OC(C)(C)C)cc2)cn1CCCNC(=O)OC(C)(C)C. The van der Waals surface area contributed by atoms with Crippen LogP contribution < -0.4 is 20.1 Å². The third kappa shape index (κ3) is 14.0. The van der Waals surface area contributed by atoms with Crippen LogP contribution in [0.3, 0.4) is 0 Å². The number of aliphatic carboxylic acids is 1. The fourth-order valence-electron chi connectivity index (χ4n) is 4.32. The molecule has 0 aliphatic rings. The van der Waals surface area contributed by atoms with Gasteiger partial charge < -0.3 is 34.2 Å². The van der Waals surface area contributed by atoms with Crippen LogP contribution in [0.2, 0.25) is 0 Å². The number of nitrogens with zero attached hydrogens (tertiary/aromatic N) is 4. The van der Waals surface area contributed by atoms with Gasteiger partial charge in [-0.3, -0.25) is 5.32 Å². The molecule has 53 heavy (non-hydrogen) atoms. The van der Waals surface area contributed by atoms with E-state index in [0.717, 1.165) is 22.5 Å². The average Bonchev–Trinajstić information content (AvgIpc) is 3.61. The minimum absolute atomic E-state index is 0.0720. The van der Waals surface area contributed by atoms with Gasteiger partial charge in [-0.1, -0.05) is 17.3 Å². The van der Waals surface area contributed by atoms with Crippen LogP contribution in [0.4, 0.5) is 14.7 Å². The molecular formula is C36H51N6O10S+. The molecule has 16 nitrogen and oxygen atoms in total. The Labute approximate surface area is 313 Å². The second-order valence-corrected chi connectivity index (χ2v) is 16.1. The summed E-state index contributed by atoms with van der Waals surface area (Å²) in [5.41, 5.74) is -2.97. The molecule has 17 heteroatoms. The number of alkyl carbamates (subject to hydrolysis) is 1. The predicted molar refractivity (Wildman–Crippen MR) is 197 cm³/mol. The molecule has 0 saturated carbocycles. The fourth-order valence-corrected chi connectivity index (χ4v) is 5.00. The van der Waals surface area contributed by atoms with E-state index in [1.807, 2.05) is 61.7 Å². The number of hydrogen-bond acceptors (Lipinski definition) is 12. The van der Waals surface area contributed by atoms with Gasteiger partial charge in [-0.15, -0.1) is 16.0 Å². The molecule has 2 heterocycles. The first-order valence-corrected chi connectivity index (χ1v) is 17.8. The molecule has 0 saturated heterocycles. The third-order valence-corrected chi connectivity index (χ3v) is 7.44. The van der Waals surface area contributed by atoms with E-state index in [2.05, 4.69) is 20.8 Å². The number of carbonyl (C=O) groups is 4. The molecule has 2 amide bonds. The summed E-state index contributed by atoms with van der Waals surface area (Å²) < 4.78 is 26.0. The minimum atomic E-state index is -1.89. The molecule has 3 aromatic rings. The number of rotatable bonds is 14. The molecule has 0 bridgehead atoms. The van der Waals surface area contributed by atoms with E-state index in [4.69, 9.17) is 23.8 Å². The Balaban J connectivity index is 1.71. The van der Waals surface area contributed by atoms with E-state index in [0.29, 0.717) is 25.3 Å². The number of carbonyl (C=O) groups excluding carboxylic acids is 3. The summed E-state index contributed by atoms with van der Waals surface area (Å²) in [5.74, 6) is -1.92. The van der Waals surface area contributed by atoms with E-state index >= 15 is 0 Å². The molecule has 2 aromatic heterocycles. The van der Waals surface area contributed by atoms with E-state index in [1.165, 1.54) is 12.3 Å². The molecular weight excluding hydrogens is 708 g/mol. The van der Waals surface area contributed by atoms with Gasteiger partial charge in [0.25, 0.3) is 5.60 Å². The quantitative estimate of drug-likeness (QED) is 0.0457. The molecule has 1 unspecified atom stereocenters. The number of amides is 2. The lowest BCUT2D eigenvalue weighted by Gasteiger charge is -2.29. The standard InChI is InChI=1S/C36H50N6O10S/c1-33(2,3)49-29(45)36(10,52-40-27(28(43)44)26-21-53-30(38-26)39-32(47)51-35(7,8)9)22-48-25-15-13-23(14-16-25)24-19-41(11)42(20-24)18-12-17-37-31(46)50-34(4,5)6/h13-16,19-21H,12,17-18,22H2,1-11H3,(H2-,37,38,39,43,44,46,47)/p+1/b40-27-. The maximum Gasteiger partial charge on any atom is 0.413 e. The van der Waals surface area contributed by atoms with Gasteiger partial charge >= 0.3 is 24.1 Å². The Morgan fingerprint density at radius 2 is 1.49 bits per heavy atom. The van der Waals surface area contributed by atoms with Crippen molar-refractivity contribution in [3.05, 3.63) is 47.7 Å². The van der Waals surface area contributed by atoms with Crippen molar-refractivity contribution in [2.75, 3.05) is 18.5 Å². The van der Waals surface area contributed by atoms with Crippen LogP contribution in [0.5, 0.6) is 5.75 Å². The highest BCUT2D eigenvalue weighted by atomic mass is 32.1. The van der Waals surface area contributed by atoms with Gasteiger partial charge in [-0.2, -0.15) is 4.68 Å². The van der Waals surface area contributed by atoms with Crippen molar-refractivity contribution < 1.29 is 52.8 Å². The van der Waals surface area contributed by atoms with Crippen LogP contribution in [0.15, 0.2) is 47.2 Å². The summed E-state index contributed by atoms with van der Waals surface area (Å²) in [4.78, 5) is 59.3. The Morgan fingerprint density at radius 3 is 2.08 bits per heavy atom. The van der Waals surface area contributed by atoms with Gasteiger partial charge in [0, 0.05) is 11.9 Å². The van der Waals surface area contributed by atoms with Crippen molar-refractivity contribution in [3.63, 3.8) is 0 Å². The topological polar surface area (TPSA) is 193 Å². The third-order valence-electron chi connectivity index (χ3n) is 6.68. The molecule has 290 valence electrons. The Kier molecular flexibility index (Phi) is 13.6. The van der Waals surface area contributed by atoms with Gasteiger partial charge in [0.15, 0.2) is 12.2 Å². The number of anilines is 1. The van der Waals surface area contributed by atoms with Crippen molar-refractivity contribution in [1.29, 1.82) is 0 Å². The summed E-state index contributed by atoms with van der Waals surface area (Å²) in [5, 5.41) is 20.4. The molecule has 0 aliphatic carbocycles. The number of esters is 1. The molecule has 0 radical (unpaired) electrons. The largest absolute Gasteiger partial charge is 0.489 e. The lowest BCUT2D eigenvalue weighted by molar-refractivity contribution is -0.753. The normalized spacial score (nSPS) is 13.4. The zero-order valence-corrected chi connectivity index (χ0v) is 33.0. The van der Waals surface area contributed by atoms with Crippen molar-refractivity contribution in [3.8, 4) is 16.9 Å². The van der Waals surface area contributed by atoms with Gasteiger partial charge in [-0.05, 0) is 93.4 Å². The summed E-state index contributed by atoms with van der Waals surface area (Å²) in [7, 11) is 1.92. The number of aromatic nitrogens is 3. The fraction of sp³-hybridized carbons (Fsp3) is 0.528. The summed E-state index contributed by atoms with van der Waals surface area (Å²) in [6, 6.07) is 7.17. The zero-order chi connectivity index (χ0) is 39.8. The molecule has 1 aromatic carbocycles. The van der Waals surface area contributed by atoms with Crippen LogP contribution in [0.25, 0.3) is 11.1 Å². The first kappa shape index (κ1) is 42.2. The molecule has 0 aliphatic heterocycles. The highest BCUT2D eigenvalue weighted by Crippen LogP contribution is 2.25. The number of carboxylic acids is 1. The number of nitrogens with one attached hydrogen (secondary N) is 2. The number of oxime groups is 1. The number of hydrogen-bond donors (Lipinski definition) is 3. The molecule has 0 spiro atoms. The maximum atomic E-state index is 13.4. The maximum absolute atomic E-state index is 13.4. The van der Waals surface area contributed by atoms with Crippen LogP contribution in [-0.4, -0.2) is 80.2 Å². The van der Waals surface area contributed by atoms with Crippen LogP contribution in [0.1, 0.15) is 81.4 Å². The highest BCUT2D eigenvalue weighted by molar-refractivity contribution is 7.14. The number of thiazole rings is 1. The van der Waals surface area contributed by atoms with Gasteiger partial charge in [0.1, 0.15) is 34.9 Å². The first-order chi connectivity index (χ1) is 24.4. The highest BCUT2D eigenvalue weighted by Gasteiger charge is 2.42. The number of benzene rings is 1. The lowest BCUT2D eigenvalue weighted by atomic mass is 10.1. The second kappa shape index (κ2) is 17.1. The van der Waals surface area contributed by atoms with E-state index in [1.54, 1.807) is 53.7 Å². The van der Waals surface area contributed by atoms with E-state index in [9.17, 15) is 24.3 Å². The number of aryl methyl sites for hydroxylation is 2. The van der Waals surface area contributed by atoms with Crippen LogP contribution in [0, 0.1) is 0 Å². The van der Waals surface area contributed by atoms with Crippen LogP contribution in [-0.2, 0) is 42.2 Å². The predicted octanol–water partition coefficient (Wildman–Crippen LogP) is 5.68. The summed E-state index contributed by atoms with van der Waals surface area (Å²) in [6.45, 7) is 17.7. The molecule has 3 rings (SSSR count). The van der Waals surface area contributed by atoms with Crippen molar-refractivity contribution in [1.82, 2.24) is 15.0 Å².